The summed E-state index contributed by atoms with van der Waals surface area (Å²) in [6, 6.07) is 11.9. The maximum absolute atomic E-state index is 13.9. The summed E-state index contributed by atoms with van der Waals surface area (Å²) in [4.78, 5) is 24.5. The number of amides is 2. The molecule has 2 aromatic rings. The number of hydrogen-bond acceptors (Lipinski definition) is 5. The summed E-state index contributed by atoms with van der Waals surface area (Å²) < 4.78 is 34.5. The summed E-state index contributed by atoms with van der Waals surface area (Å²) >= 11 is 0. The predicted molar refractivity (Wildman–Crippen MR) is 131 cm³/mol. The molecule has 2 amide bonds. The highest BCUT2D eigenvalue weighted by Gasteiger charge is 2.38. The summed E-state index contributed by atoms with van der Waals surface area (Å²) in [5.41, 5.74) is 2.86. The van der Waals surface area contributed by atoms with Gasteiger partial charge in [-0.05, 0) is 55.5 Å². The van der Waals surface area contributed by atoms with Crippen molar-refractivity contribution in [3.63, 3.8) is 0 Å². The molecule has 0 saturated carbocycles. The van der Waals surface area contributed by atoms with Crippen molar-refractivity contribution < 1.29 is 22.7 Å². The number of nitrogens with one attached hydrogen (secondary N) is 2. The molecule has 0 saturated heterocycles. The lowest BCUT2D eigenvalue weighted by Crippen LogP contribution is -2.42. The number of nitrogens with zero attached hydrogens (tertiary/aromatic N) is 1. The number of ether oxygens (including phenoxy) is 1. The number of benzene rings is 2. The van der Waals surface area contributed by atoms with Crippen molar-refractivity contribution in [2.24, 2.45) is 0 Å². The molecule has 184 valence electrons. The van der Waals surface area contributed by atoms with E-state index in [1.165, 1.54) is 11.2 Å². The van der Waals surface area contributed by atoms with Gasteiger partial charge in [-0.25, -0.2) is 8.42 Å². The number of aryl methyl sites for hydroxylation is 1. The Hall–Kier alpha value is -2.75. The molecule has 8 nitrogen and oxygen atoms in total. The quantitative estimate of drug-likeness (QED) is 0.501. The molecule has 3 rings (SSSR count). The van der Waals surface area contributed by atoms with Gasteiger partial charge in [-0.15, -0.1) is 0 Å². The topological polar surface area (TPSA) is 105 Å². The van der Waals surface area contributed by atoms with Crippen LogP contribution in [0.25, 0.3) is 0 Å². The van der Waals surface area contributed by atoms with E-state index in [1.54, 1.807) is 25.1 Å². The smallest absolute Gasteiger partial charge is 0.245 e. The van der Waals surface area contributed by atoms with Gasteiger partial charge < -0.3 is 15.4 Å². The molecular weight excluding hydrogens is 454 g/mol. The largest absolute Gasteiger partial charge is 0.382 e. The van der Waals surface area contributed by atoms with E-state index in [-0.39, 0.29) is 35.4 Å². The van der Waals surface area contributed by atoms with Crippen LogP contribution in [-0.4, -0.2) is 50.8 Å². The molecule has 1 aliphatic rings. The van der Waals surface area contributed by atoms with E-state index in [4.69, 9.17) is 4.74 Å². The van der Waals surface area contributed by atoms with Crippen LogP contribution in [0.3, 0.4) is 0 Å². The molecule has 1 heterocycles. The highest BCUT2D eigenvalue weighted by Crippen LogP contribution is 2.38. The molecule has 1 atom stereocenters. The monoisotopic (exact) mass is 487 g/mol. The van der Waals surface area contributed by atoms with Crippen LogP contribution in [0.1, 0.15) is 49.4 Å². The zero-order chi connectivity index (χ0) is 24.7. The fourth-order valence-electron chi connectivity index (χ4n) is 4.18. The summed E-state index contributed by atoms with van der Waals surface area (Å²) in [7, 11) is -4.01. The lowest BCUT2D eigenvalue weighted by atomic mass is 9.92. The van der Waals surface area contributed by atoms with Crippen LogP contribution in [0.15, 0.2) is 47.4 Å². The Kier molecular flexibility index (Phi) is 8.82. The molecule has 34 heavy (non-hydrogen) atoms. The number of anilines is 1. The first-order valence-corrected chi connectivity index (χ1v) is 13.0. The van der Waals surface area contributed by atoms with Crippen molar-refractivity contribution in [2.75, 3.05) is 31.6 Å². The third-order valence-electron chi connectivity index (χ3n) is 5.77. The molecule has 0 aliphatic carbocycles. The number of hydrogen-bond donors (Lipinski definition) is 2. The highest BCUT2D eigenvalue weighted by atomic mass is 32.2. The lowest BCUT2D eigenvalue weighted by molar-refractivity contribution is -0.122. The molecular formula is C25H33N3O5S. The summed E-state index contributed by atoms with van der Waals surface area (Å²) in [6.07, 6.45) is 1.24. The summed E-state index contributed by atoms with van der Waals surface area (Å²) in [5.74, 6) is -0.572. The fraction of sp³-hybridized carbons (Fsp3) is 0.440. The molecule has 0 bridgehead atoms. The Bertz CT molecular complexity index is 1130. The van der Waals surface area contributed by atoms with Gasteiger partial charge in [0.25, 0.3) is 0 Å². The first-order valence-electron chi connectivity index (χ1n) is 11.6. The van der Waals surface area contributed by atoms with E-state index in [0.717, 1.165) is 16.7 Å². The second-order valence-electron chi connectivity index (χ2n) is 8.37. The van der Waals surface area contributed by atoms with Crippen molar-refractivity contribution in [3.05, 3.63) is 59.2 Å². The van der Waals surface area contributed by atoms with Gasteiger partial charge in [0.05, 0.1) is 11.7 Å². The zero-order valence-corrected chi connectivity index (χ0v) is 20.8. The third kappa shape index (κ3) is 6.22. The van der Waals surface area contributed by atoms with Gasteiger partial charge in [0, 0.05) is 39.6 Å². The molecule has 0 aromatic heterocycles. The molecule has 0 spiro atoms. The van der Waals surface area contributed by atoms with Gasteiger partial charge in [0.15, 0.2) is 0 Å². The van der Waals surface area contributed by atoms with Gasteiger partial charge in [-0.3, -0.25) is 9.59 Å². The normalized spacial score (nSPS) is 16.0. The molecule has 1 unspecified atom stereocenters. The van der Waals surface area contributed by atoms with Crippen LogP contribution in [0.4, 0.5) is 5.69 Å². The van der Waals surface area contributed by atoms with E-state index in [2.05, 4.69) is 10.6 Å². The molecule has 2 aromatic carbocycles. The summed E-state index contributed by atoms with van der Waals surface area (Å²) in [6.45, 7) is 6.95. The maximum atomic E-state index is 13.9. The minimum absolute atomic E-state index is 0.00612. The van der Waals surface area contributed by atoms with Gasteiger partial charge in [-0.2, -0.15) is 4.31 Å². The van der Waals surface area contributed by atoms with E-state index >= 15 is 0 Å². The molecule has 0 radical (unpaired) electrons. The Balaban J connectivity index is 1.92. The van der Waals surface area contributed by atoms with Gasteiger partial charge >= 0.3 is 0 Å². The van der Waals surface area contributed by atoms with Gasteiger partial charge in [0.2, 0.25) is 21.8 Å². The fourth-order valence-corrected chi connectivity index (χ4v) is 6.02. The number of carbonyl (C=O) groups is 2. The van der Waals surface area contributed by atoms with Crippen LogP contribution in [0.5, 0.6) is 0 Å². The van der Waals surface area contributed by atoms with E-state index in [0.29, 0.717) is 32.6 Å². The Morgan fingerprint density at radius 3 is 2.68 bits per heavy atom. The Morgan fingerprint density at radius 1 is 1.18 bits per heavy atom. The van der Waals surface area contributed by atoms with Crippen molar-refractivity contribution in [2.45, 2.75) is 51.0 Å². The SMILES string of the molecule is CCOCCCNC(=O)CC1c2ccccc2CCN1S(=O)(=O)c1cc(C)ccc1NC(C)=O. The molecule has 2 N–H and O–H groups in total. The maximum Gasteiger partial charge on any atom is 0.245 e. The van der Waals surface area contributed by atoms with Crippen LogP contribution in [0, 0.1) is 6.92 Å². The van der Waals surface area contributed by atoms with E-state index < -0.39 is 16.1 Å². The third-order valence-corrected chi connectivity index (χ3v) is 7.72. The standard InChI is InChI=1S/C25H33N3O5S/c1-4-33-15-7-13-26-25(30)17-23-21-9-6-5-8-20(21)12-14-28(23)34(31,32)24-16-18(2)10-11-22(24)27-19(3)29/h5-6,8-11,16,23H,4,7,12-15,17H2,1-3H3,(H,26,30)(H,27,29). The first kappa shape index (κ1) is 25.9. The van der Waals surface area contributed by atoms with Crippen molar-refractivity contribution in [3.8, 4) is 0 Å². The van der Waals surface area contributed by atoms with Gasteiger partial charge in [0.1, 0.15) is 4.90 Å². The zero-order valence-electron chi connectivity index (χ0n) is 20.0. The van der Waals surface area contributed by atoms with E-state index in [9.17, 15) is 18.0 Å². The minimum Gasteiger partial charge on any atom is -0.382 e. The number of rotatable bonds is 10. The average molecular weight is 488 g/mol. The predicted octanol–water partition coefficient (Wildman–Crippen LogP) is 3.17. The van der Waals surface area contributed by atoms with Crippen LogP contribution >= 0.6 is 0 Å². The highest BCUT2D eigenvalue weighted by molar-refractivity contribution is 7.89. The minimum atomic E-state index is -4.01. The van der Waals surface area contributed by atoms with Crippen molar-refractivity contribution >= 4 is 27.5 Å². The van der Waals surface area contributed by atoms with E-state index in [1.807, 2.05) is 31.2 Å². The van der Waals surface area contributed by atoms with Crippen LogP contribution < -0.4 is 10.6 Å². The lowest BCUT2D eigenvalue weighted by Gasteiger charge is -2.36. The number of sulfonamides is 1. The molecule has 0 fully saturated rings. The number of carbonyl (C=O) groups excluding carboxylic acids is 2. The first-order chi connectivity index (χ1) is 16.2. The Labute approximate surface area is 201 Å². The second kappa shape index (κ2) is 11.6. The average Bonchev–Trinajstić information content (AvgIpc) is 2.80. The molecule has 9 heteroatoms. The van der Waals surface area contributed by atoms with Crippen molar-refractivity contribution in [1.29, 1.82) is 0 Å². The van der Waals surface area contributed by atoms with Crippen molar-refractivity contribution in [1.82, 2.24) is 9.62 Å². The van der Waals surface area contributed by atoms with Crippen LogP contribution in [-0.2, 0) is 30.8 Å². The summed E-state index contributed by atoms with van der Waals surface area (Å²) in [5, 5.41) is 5.51. The second-order valence-corrected chi connectivity index (χ2v) is 10.2. The number of fused-ring (bicyclic) bond motifs is 1. The molecule has 1 aliphatic heterocycles. The van der Waals surface area contributed by atoms with Gasteiger partial charge in [-0.1, -0.05) is 30.3 Å². The van der Waals surface area contributed by atoms with Crippen LogP contribution in [0.2, 0.25) is 0 Å². The Morgan fingerprint density at radius 2 is 1.94 bits per heavy atom.